The van der Waals surface area contributed by atoms with Gasteiger partial charge >= 0.3 is 0 Å². The minimum absolute atomic E-state index is 0.573. The zero-order chi connectivity index (χ0) is 10.4. The predicted molar refractivity (Wildman–Crippen MR) is 58.9 cm³/mol. The van der Waals surface area contributed by atoms with Crippen molar-refractivity contribution in [3.8, 4) is 0 Å². The number of nitrogens with one attached hydrogen (secondary N) is 1. The number of hydrogen-bond acceptors (Lipinski definition) is 2. The Hall–Kier alpha value is -0.500. The van der Waals surface area contributed by atoms with Crippen LogP contribution in [0.15, 0.2) is 11.8 Å². The van der Waals surface area contributed by atoms with Gasteiger partial charge in [0.1, 0.15) is 0 Å². The summed E-state index contributed by atoms with van der Waals surface area (Å²) in [5.74, 6) is 7.24. The fraction of sp³-hybridized carbons (Fsp3) is 0.818. The van der Waals surface area contributed by atoms with Crippen LogP contribution in [0.3, 0.4) is 0 Å². The van der Waals surface area contributed by atoms with Gasteiger partial charge in [-0.1, -0.05) is 34.6 Å². The molecule has 13 heavy (non-hydrogen) atoms. The van der Waals surface area contributed by atoms with E-state index in [4.69, 9.17) is 5.84 Å². The van der Waals surface area contributed by atoms with E-state index >= 15 is 0 Å². The molecule has 0 aliphatic heterocycles. The summed E-state index contributed by atoms with van der Waals surface area (Å²) in [6.07, 6.45) is 3.14. The predicted octanol–water partition coefficient (Wildman–Crippen LogP) is 2.67. The molecule has 0 bridgehead atoms. The maximum Gasteiger partial charge on any atom is 0.0120 e. The molecule has 0 amide bonds. The molecule has 0 heterocycles. The summed E-state index contributed by atoms with van der Waals surface area (Å²) in [5, 5.41) is 0. The van der Waals surface area contributed by atoms with Crippen molar-refractivity contribution < 1.29 is 0 Å². The normalized spacial score (nSPS) is 15.2. The van der Waals surface area contributed by atoms with Crippen LogP contribution in [0.4, 0.5) is 0 Å². The van der Waals surface area contributed by atoms with Crippen molar-refractivity contribution in [2.24, 2.45) is 23.6 Å². The Balaban J connectivity index is 4.59. The minimum atomic E-state index is 0.573. The second kappa shape index (κ2) is 6.03. The number of hydrogen-bond donors (Lipinski definition) is 2. The molecule has 0 rings (SSSR count). The highest BCUT2D eigenvalue weighted by atomic mass is 15.2. The highest BCUT2D eigenvalue weighted by Gasteiger charge is 2.18. The van der Waals surface area contributed by atoms with E-state index < -0.39 is 0 Å². The van der Waals surface area contributed by atoms with Crippen molar-refractivity contribution >= 4 is 0 Å². The van der Waals surface area contributed by atoms with Gasteiger partial charge in [-0.2, -0.15) is 0 Å². The van der Waals surface area contributed by atoms with Crippen LogP contribution in [0.5, 0.6) is 0 Å². The zero-order valence-corrected chi connectivity index (χ0v) is 9.59. The Labute approximate surface area is 82.6 Å². The quantitative estimate of drug-likeness (QED) is 0.509. The lowest BCUT2D eigenvalue weighted by atomic mass is 9.81. The van der Waals surface area contributed by atoms with Crippen LogP contribution in [0.2, 0.25) is 0 Å². The lowest BCUT2D eigenvalue weighted by molar-refractivity contribution is 0.397. The Bertz CT molecular complexity index is 159. The molecule has 0 radical (unpaired) electrons. The summed E-state index contributed by atoms with van der Waals surface area (Å²) < 4.78 is 0. The van der Waals surface area contributed by atoms with Crippen molar-refractivity contribution in [2.45, 2.75) is 41.0 Å². The van der Waals surface area contributed by atoms with Gasteiger partial charge in [-0.15, -0.1) is 0 Å². The Morgan fingerprint density at radius 1 is 1.31 bits per heavy atom. The van der Waals surface area contributed by atoms with Crippen molar-refractivity contribution in [3.63, 3.8) is 0 Å². The maximum atomic E-state index is 5.33. The monoisotopic (exact) mass is 184 g/mol. The SMILES string of the molecule is CCC(/C(=C\NN)C(C)C)C(C)C. The van der Waals surface area contributed by atoms with E-state index in [9.17, 15) is 0 Å². The van der Waals surface area contributed by atoms with Gasteiger partial charge in [0.2, 0.25) is 0 Å². The maximum absolute atomic E-state index is 5.33. The van der Waals surface area contributed by atoms with Gasteiger partial charge in [0.25, 0.3) is 0 Å². The molecule has 3 N–H and O–H groups in total. The number of rotatable bonds is 5. The fourth-order valence-electron chi connectivity index (χ4n) is 1.89. The van der Waals surface area contributed by atoms with E-state index in [1.165, 1.54) is 12.0 Å². The van der Waals surface area contributed by atoms with Crippen LogP contribution in [0.25, 0.3) is 0 Å². The van der Waals surface area contributed by atoms with Crippen LogP contribution in [0.1, 0.15) is 41.0 Å². The van der Waals surface area contributed by atoms with Crippen LogP contribution >= 0.6 is 0 Å². The van der Waals surface area contributed by atoms with Crippen LogP contribution in [0, 0.1) is 17.8 Å². The third-order valence-electron chi connectivity index (χ3n) is 2.59. The summed E-state index contributed by atoms with van der Waals surface area (Å²) in [6.45, 7) is 11.2. The molecule has 78 valence electrons. The van der Waals surface area contributed by atoms with Crippen molar-refractivity contribution in [1.82, 2.24) is 5.43 Å². The van der Waals surface area contributed by atoms with Gasteiger partial charge in [-0.05, 0) is 29.7 Å². The average molecular weight is 184 g/mol. The van der Waals surface area contributed by atoms with E-state index in [-0.39, 0.29) is 0 Å². The van der Waals surface area contributed by atoms with E-state index in [0.717, 1.165) is 0 Å². The third-order valence-corrected chi connectivity index (χ3v) is 2.59. The van der Waals surface area contributed by atoms with E-state index in [1.807, 2.05) is 6.20 Å². The largest absolute Gasteiger partial charge is 0.331 e. The first kappa shape index (κ1) is 12.5. The van der Waals surface area contributed by atoms with Crippen molar-refractivity contribution in [2.75, 3.05) is 0 Å². The third kappa shape index (κ3) is 3.81. The molecule has 0 saturated heterocycles. The number of hydrazine groups is 1. The van der Waals surface area contributed by atoms with Crippen LogP contribution in [-0.2, 0) is 0 Å². The first-order valence-corrected chi connectivity index (χ1v) is 5.20. The molecule has 0 aliphatic carbocycles. The molecule has 0 aliphatic rings. The minimum Gasteiger partial charge on any atom is -0.331 e. The summed E-state index contributed by atoms with van der Waals surface area (Å²) in [6, 6.07) is 0. The molecular formula is C11H24N2. The summed E-state index contributed by atoms with van der Waals surface area (Å²) in [5.41, 5.74) is 4.09. The zero-order valence-electron chi connectivity index (χ0n) is 9.59. The Morgan fingerprint density at radius 3 is 2.08 bits per heavy atom. The molecule has 0 aromatic rings. The lowest BCUT2D eigenvalue weighted by Crippen LogP contribution is -2.21. The molecule has 1 unspecified atom stereocenters. The number of allylic oxidation sites excluding steroid dienone is 1. The molecule has 0 aromatic heterocycles. The first-order chi connectivity index (χ1) is 6.04. The molecule has 2 heteroatoms. The summed E-state index contributed by atoms with van der Waals surface area (Å²) in [4.78, 5) is 0. The Morgan fingerprint density at radius 2 is 1.85 bits per heavy atom. The average Bonchev–Trinajstić information content (AvgIpc) is 2.03. The summed E-state index contributed by atoms with van der Waals surface area (Å²) >= 11 is 0. The topological polar surface area (TPSA) is 38.0 Å². The van der Waals surface area contributed by atoms with Gasteiger partial charge in [-0.3, -0.25) is 5.84 Å². The van der Waals surface area contributed by atoms with Gasteiger partial charge < -0.3 is 5.43 Å². The van der Waals surface area contributed by atoms with Gasteiger partial charge in [-0.25, -0.2) is 0 Å². The number of nitrogens with two attached hydrogens (primary N) is 1. The molecule has 0 aromatic carbocycles. The second-order valence-corrected chi connectivity index (χ2v) is 4.22. The lowest BCUT2D eigenvalue weighted by Gasteiger charge is -2.25. The van der Waals surface area contributed by atoms with Gasteiger partial charge in [0, 0.05) is 6.20 Å². The van der Waals surface area contributed by atoms with E-state index in [2.05, 4.69) is 40.0 Å². The molecule has 2 nitrogen and oxygen atoms in total. The molecule has 0 saturated carbocycles. The standard InChI is InChI=1S/C11H24N2/c1-6-10(8(2)3)11(7-13-12)9(4)5/h7-10,13H,6,12H2,1-5H3/b11-7-. The highest BCUT2D eigenvalue weighted by molar-refractivity contribution is 5.08. The smallest absolute Gasteiger partial charge is 0.0120 e. The van der Waals surface area contributed by atoms with Crippen LogP contribution in [-0.4, -0.2) is 0 Å². The second-order valence-electron chi connectivity index (χ2n) is 4.22. The first-order valence-electron chi connectivity index (χ1n) is 5.20. The fourth-order valence-corrected chi connectivity index (χ4v) is 1.89. The van der Waals surface area contributed by atoms with E-state index in [0.29, 0.717) is 17.8 Å². The van der Waals surface area contributed by atoms with Crippen molar-refractivity contribution in [3.05, 3.63) is 11.8 Å². The van der Waals surface area contributed by atoms with Crippen LogP contribution < -0.4 is 11.3 Å². The molecular weight excluding hydrogens is 160 g/mol. The molecule has 1 atom stereocenters. The molecule has 0 spiro atoms. The summed E-state index contributed by atoms with van der Waals surface area (Å²) in [7, 11) is 0. The molecule has 0 fully saturated rings. The van der Waals surface area contributed by atoms with Crippen molar-refractivity contribution in [1.29, 1.82) is 0 Å². The van der Waals surface area contributed by atoms with E-state index in [1.54, 1.807) is 0 Å². The Kier molecular flexibility index (Phi) is 5.80. The highest BCUT2D eigenvalue weighted by Crippen LogP contribution is 2.28. The van der Waals surface area contributed by atoms with Gasteiger partial charge in [0.05, 0.1) is 0 Å². The van der Waals surface area contributed by atoms with Gasteiger partial charge in [0.15, 0.2) is 0 Å².